The van der Waals surface area contributed by atoms with Crippen molar-refractivity contribution >= 4 is 23.1 Å². The van der Waals surface area contributed by atoms with Gasteiger partial charge in [0.2, 0.25) is 0 Å². The fourth-order valence-electron chi connectivity index (χ4n) is 2.74. The fraction of sp³-hybridized carbons (Fsp3) is 0.188. The Balaban J connectivity index is 1.74. The van der Waals surface area contributed by atoms with Gasteiger partial charge in [-0.05, 0) is 6.07 Å². The number of alkyl halides is 3. The number of benzene rings is 1. The zero-order valence-electron chi connectivity index (χ0n) is 12.2. The molecule has 1 N–H and O–H groups in total. The predicted molar refractivity (Wildman–Crippen MR) is 81.7 cm³/mol. The molecule has 5 nitrogen and oxygen atoms in total. The minimum atomic E-state index is -4.50. The van der Waals surface area contributed by atoms with E-state index in [9.17, 15) is 13.2 Å². The normalized spacial score (nSPS) is 17.4. The third-order valence-corrected chi connectivity index (χ3v) is 3.87. The summed E-state index contributed by atoms with van der Waals surface area (Å²) < 4.78 is 44.9. The summed E-state index contributed by atoms with van der Waals surface area (Å²) in [5.74, 6) is 0.622. The van der Waals surface area contributed by atoms with E-state index in [2.05, 4.69) is 19.9 Å². The van der Waals surface area contributed by atoms with Crippen molar-refractivity contribution < 1.29 is 17.9 Å². The first kappa shape index (κ1) is 14.7. The number of hydrogen-bond donors (Lipinski definition) is 1. The molecule has 0 spiro atoms. The van der Waals surface area contributed by atoms with Crippen molar-refractivity contribution in [2.24, 2.45) is 4.99 Å². The van der Waals surface area contributed by atoms with E-state index < -0.39 is 11.7 Å². The number of aliphatic imine (C=N–C) groups is 1. The van der Waals surface area contributed by atoms with Crippen molar-refractivity contribution in [1.82, 2.24) is 15.0 Å². The zero-order chi connectivity index (χ0) is 16.7. The van der Waals surface area contributed by atoms with E-state index in [0.29, 0.717) is 6.61 Å². The van der Waals surface area contributed by atoms with Gasteiger partial charge in [0.1, 0.15) is 24.3 Å². The van der Waals surface area contributed by atoms with Crippen molar-refractivity contribution in [3.63, 3.8) is 0 Å². The van der Waals surface area contributed by atoms with E-state index in [0.717, 1.165) is 17.5 Å². The van der Waals surface area contributed by atoms with Crippen molar-refractivity contribution in [1.29, 1.82) is 0 Å². The monoisotopic (exact) mass is 332 g/mol. The number of nitrogens with zero attached hydrogens (tertiary/aromatic N) is 3. The summed E-state index contributed by atoms with van der Waals surface area (Å²) in [5, 5.41) is -0.131. The molecule has 0 fully saturated rings. The Bertz CT molecular complexity index is 932. The molecule has 0 aliphatic carbocycles. The Hall–Kier alpha value is -2.90. The van der Waals surface area contributed by atoms with Gasteiger partial charge in [-0.15, -0.1) is 0 Å². The maximum atomic E-state index is 13.1. The first-order valence-corrected chi connectivity index (χ1v) is 7.19. The average molecular weight is 332 g/mol. The lowest BCUT2D eigenvalue weighted by Crippen LogP contribution is -2.04. The Kier molecular flexibility index (Phi) is 3.26. The highest BCUT2D eigenvalue weighted by molar-refractivity contribution is 5.91. The molecule has 4 rings (SSSR count). The van der Waals surface area contributed by atoms with Gasteiger partial charge in [0.25, 0.3) is 0 Å². The minimum Gasteiger partial charge on any atom is -0.492 e. The van der Waals surface area contributed by atoms with Crippen LogP contribution in [0.15, 0.2) is 41.8 Å². The van der Waals surface area contributed by atoms with Gasteiger partial charge in [0.05, 0.1) is 16.9 Å². The molecular formula is C16H11F3N4O. The summed E-state index contributed by atoms with van der Waals surface area (Å²) in [6, 6.07) is 7.50. The molecule has 1 aliphatic heterocycles. The second-order valence-electron chi connectivity index (χ2n) is 5.35. The summed E-state index contributed by atoms with van der Waals surface area (Å²) in [4.78, 5) is 14.4. The highest BCUT2D eigenvalue weighted by Crippen LogP contribution is 2.38. The predicted octanol–water partition coefficient (Wildman–Crippen LogP) is 3.86. The van der Waals surface area contributed by atoms with Gasteiger partial charge in [-0.2, -0.15) is 13.2 Å². The van der Waals surface area contributed by atoms with Crippen LogP contribution in [-0.4, -0.2) is 27.8 Å². The van der Waals surface area contributed by atoms with Gasteiger partial charge in [-0.25, -0.2) is 15.0 Å². The molecule has 122 valence electrons. The second kappa shape index (κ2) is 5.33. The largest absolute Gasteiger partial charge is 0.492 e. The maximum absolute atomic E-state index is 13.1. The van der Waals surface area contributed by atoms with Crippen LogP contribution in [0.1, 0.15) is 17.0 Å². The standard InChI is InChI=1S/C16H11F3N4O/c17-16(18,19)11-6-21-15-13(11)14(22-8-23-15)20-5-9-7-24-12-4-2-1-3-10(9)12/h1-6,8-9H,7H2,(H,21,22,23)/b20-5+. The van der Waals surface area contributed by atoms with Crippen LogP contribution < -0.4 is 4.74 Å². The summed E-state index contributed by atoms with van der Waals surface area (Å²) in [6.45, 7) is 0.399. The Morgan fingerprint density at radius 2 is 2.08 bits per heavy atom. The van der Waals surface area contributed by atoms with Crippen LogP contribution >= 0.6 is 0 Å². The average Bonchev–Trinajstić information content (AvgIpc) is 3.17. The van der Waals surface area contributed by atoms with E-state index in [1.807, 2.05) is 24.3 Å². The lowest BCUT2D eigenvalue weighted by atomic mass is 10.0. The van der Waals surface area contributed by atoms with Crippen LogP contribution in [0.2, 0.25) is 0 Å². The number of para-hydroxylation sites is 1. The molecule has 0 saturated heterocycles. The number of H-pyrrole nitrogens is 1. The molecule has 1 atom stereocenters. The van der Waals surface area contributed by atoms with Crippen LogP contribution in [0.5, 0.6) is 5.75 Å². The molecule has 3 heterocycles. The fourth-order valence-corrected chi connectivity index (χ4v) is 2.74. The number of nitrogens with one attached hydrogen (secondary N) is 1. The van der Waals surface area contributed by atoms with E-state index >= 15 is 0 Å². The van der Waals surface area contributed by atoms with Gasteiger partial charge in [-0.3, -0.25) is 0 Å². The molecule has 3 aromatic rings. The SMILES string of the molecule is FC(F)(F)c1c[nH]c2ncnc(/N=C/C3COc4ccccc43)c12. The molecule has 8 heteroatoms. The second-order valence-corrected chi connectivity index (χ2v) is 5.35. The van der Waals surface area contributed by atoms with Gasteiger partial charge in [0, 0.05) is 18.0 Å². The van der Waals surface area contributed by atoms with Gasteiger partial charge in [0.15, 0.2) is 5.82 Å². The summed E-state index contributed by atoms with van der Waals surface area (Å²) >= 11 is 0. The molecule has 2 aromatic heterocycles. The summed E-state index contributed by atoms with van der Waals surface area (Å²) in [6.07, 6.45) is -0.867. The van der Waals surface area contributed by atoms with Crippen molar-refractivity contribution in [2.75, 3.05) is 6.61 Å². The number of hydrogen-bond acceptors (Lipinski definition) is 4. The molecule has 24 heavy (non-hydrogen) atoms. The molecule has 1 aliphatic rings. The molecule has 0 radical (unpaired) electrons. The van der Waals surface area contributed by atoms with E-state index in [1.54, 1.807) is 6.21 Å². The van der Waals surface area contributed by atoms with E-state index in [1.165, 1.54) is 6.33 Å². The first-order chi connectivity index (χ1) is 11.5. The first-order valence-electron chi connectivity index (χ1n) is 7.19. The van der Waals surface area contributed by atoms with Crippen molar-refractivity contribution in [3.8, 4) is 5.75 Å². The van der Waals surface area contributed by atoms with Crippen molar-refractivity contribution in [2.45, 2.75) is 12.1 Å². The molecular weight excluding hydrogens is 321 g/mol. The molecule has 0 saturated carbocycles. The molecule has 1 aromatic carbocycles. The van der Waals surface area contributed by atoms with Gasteiger partial charge in [-0.1, -0.05) is 18.2 Å². The van der Waals surface area contributed by atoms with Gasteiger partial charge < -0.3 is 9.72 Å². The van der Waals surface area contributed by atoms with Crippen LogP contribution in [0.4, 0.5) is 19.0 Å². The summed E-state index contributed by atoms with van der Waals surface area (Å²) in [5.41, 5.74) is 0.234. The smallest absolute Gasteiger partial charge is 0.418 e. The van der Waals surface area contributed by atoms with E-state index in [-0.39, 0.29) is 22.8 Å². The maximum Gasteiger partial charge on any atom is 0.418 e. The third kappa shape index (κ3) is 2.40. The minimum absolute atomic E-state index is 0.0158. The topological polar surface area (TPSA) is 63.2 Å². The van der Waals surface area contributed by atoms with Crippen LogP contribution in [0, 0.1) is 0 Å². The van der Waals surface area contributed by atoms with E-state index in [4.69, 9.17) is 4.74 Å². The Morgan fingerprint density at radius 1 is 1.25 bits per heavy atom. The highest BCUT2D eigenvalue weighted by atomic mass is 19.4. The Labute approximate surface area is 134 Å². The van der Waals surface area contributed by atoms with Crippen LogP contribution in [0.25, 0.3) is 11.0 Å². The number of aromatic amines is 1. The number of halogens is 3. The number of fused-ring (bicyclic) bond motifs is 2. The quantitative estimate of drug-likeness (QED) is 0.725. The summed E-state index contributed by atoms with van der Waals surface area (Å²) in [7, 11) is 0. The Morgan fingerprint density at radius 3 is 2.92 bits per heavy atom. The molecule has 1 unspecified atom stereocenters. The zero-order valence-corrected chi connectivity index (χ0v) is 12.2. The third-order valence-electron chi connectivity index (χ3n) is 3.87. The number of ether oxygens (including phenoxy) is 1. The van der Waals surface area contributed by atoms with Crippen LogP contribution in [0.3, 0.4) is 0 Å². The van der Waals surface area contributed by atoms with Crippen molar-refractivity contribution in [3.05, 3.63) is 47.9 Å². The van der Waals surface area contributed by atoms with Crippen LogP contribution in [-0.2, 0) is 6.18 Å². The lowest BCUT2D eigenvalue weighted by molar-refractivity contribution is -0.136. The highest BCUT2D eigenvalue weighted by Gasteiger charge is 2.35. The van der Waals surface area contributed by atoms with Gasteiger partial charge >= 0.3 is 6.18 Å². The molecule has 0 amide bonds. The molecule has 0 bridgehead atoms. The number of rotatable bonds is 2. The lowest BCUT2D eigenvalue weighted by Gasteiger charge is -2.05. The number of aromatic nitrogens is 3.